The van der Waals surface area contributed by atoms with Crippen LogP contribution in [0.3, 0.4) is 0 Å². The third kappa shape index (κ3) is 12.7. The van der Waals surface area contributed by atoms with Gasteiger partial charge in [-0.3, -0.25) is 12.2 Å². The molecule has 0 N–H and O–H groups in total. The molecule has 2 aliphatic carbocycles. The maximum absolute atomic E-state index is 3.43. The van der Waals surface area contributed by atoms with Crippen LogP contribution in [0, 0.1) is 12.2 Å². The minimum absolute atomic E-state index is 0. The normalized spacial score (nSPS) is 13.4. The SMILES string of the molecule is CCCC1=[C-]CC(c2ccccc2)=C1.CCCC1=[C-]CC(c2ccccc2)=C1.C[Si](C)=[Zr+2].[Cl-].[Cl-]. The molecule has 34 heavy (non-hydrogen) atoms. The molecule has 0 radical (unpaired) electrons. The molecule has 4 heteroatoms. The van der Waals surface area contributed by atoms with Crippen molar-refractivity contribution in [1.29, 1.82) is 0 Å². The van der Waals surface area contributed by atoms with E-state index in [0.29, 0.717) is 0 Å². The molecule has 0 saturated heterocycles. The fourth-order valence-electron chi connectivity index (χ4n) is 3.58. The quantitative estimate of drug-likeness (QED) is 0.361. The van der Waals surface area contributed by atoms with E-state index in [1.165, 1.54) is 46.3 Å². The molecule has 0 aliphatic heterocycles. The molecular weight excluding hydrogens is 551 g/mol. The molecule has 0 aromatic heterocycles. The Hall–Kier alpha value is -0.920. The fourth-order valence-corrected chi connectivity index (χ4v) is 3.58. The average Bonchev–Trinajstić information content (AvgIpc) is 3.46. The minimum atomic E-state index is 0. The van der Waals surface area contributed by atoms with Gasteiger partial charge in [-0.05, 0) is 11.1 Å². The smallest absolute Gasteiger partial charge is 1.00 e. The van der Waals surface area contributed by atoms with Crippen LogP contribution in [0.25, 0.3) is 11.1 Å². The maximum atomic E-state index is 3.43. The summed E-state index contributed by atoms with van der Waals surface area (Å²) in [6, 6.07) is 21.2. The molecule has 0 amide bonds. The van der Waals surface area contributed by atoms with Gasteiger partial charge in [-0.15, -0.1) is 24.0 Å². The number of rotatable bonds is 6. The van der Waals surface area contributed by atoms with Gasteiger partial charge in [0.25, 0.3) is 0 Å². The van der Waals surface area contributed by atoms with Gasteiger partial charge in [-0.1, -0.05) is 100 Å². The van der Waals surface area contributed by atoms with Crippen molar-refractivity contribution in [3.8, 4) is 0 Å². The summed E-state index contributed by atoms with van der Waals surface area (Å²) < 4.78 is 0. The van der Waals surface area contributed by atoms with E-state index in [4.69, 9.17) is 0 Å². The Balaban J connectivity index is 0.000000528. The number of hydrogen-bond acceptors (Lipinski definition) is 0. The molecule has 0 fully saturated rings. The summed E-state index contributed by atoms with van der Waals surface area (Å²) in [6.45, 7) is 9.04. The molecule has 4 rings (SSSR count). The first-order valence-corrected chi connectivity index (χ1v) is 17.9. The van der Waals surface area contributed by atoms with Crippen LogP contribution in [-0.2, 0) is 23.3 Å². The van der Waals surface area contributed by atoms with E-state index in [1.54, 1.807) is 23.3 Å². The van der Waals surface area contributed by atoms with Crippen molar-refractivity contribution in [3.05, 3.63) is 107 Å². The molecule has 2 aromatic rings. The predicted molar refractivity (Wildman–Crippen MR) is 139 cm³/mol. The Bertz CT molecular complexity index is 894. The number of benzene rings is 2. The van der Waals surface area contributed by atoms with Crippen molar-refractivity contribution in [1.82, 2.24) is 0 Å². The van der Waals surface area contributed by atoms with Gasteiger partial charge >= 0.3 is 41.9 Å². The molecular formula is C30H36Cl2SiZr-2. The van der Waals surface area contributed by atoms with Crippen LogP contribution in [0.5, 0.6) is 0 Å². The van der Waals surface area contributed by atoms with Crippen molar-refractivity contribution >= 4 is 16.6 Å². The van der Waals surface area contributed by atoms with Gasteiger partial charge in [-0.25, -0.2) is 23.3 Å². The van der Waals surface area contributed by atoms with E-state index >= 15 is 0 Å². The molecule has 0 spiro atoms. The third-order valence-electron chi connectivity index (χ3n) is 5.04. The zero-order chi connectivity index (χ0) is 23.2. The van der Waals surface area contributed by atoms with Crippen LogP contribution in [0.2, 0.25) is 13.1 Å². The molecule has 2 aromatic carbocycles. The van der Waals surface area contributed by atoms with Gasteiger partial charge in [0.15, 0.2) is 0 Å². The monoisotopic (exact) mass is 584 g/mol. The molecule has 0 heterocycles. The van der Waals surface area contributed by atoms with E-state index in [2.05, 4.69) is 112 Å². The Labute approximate surface area is 235 Å². The van der Waals surface area contributed by atoms with Crippen molar-refractivity contribution in [2.45, 2.75) is 65.5 Å². The zero-order valence-electron chi connectivity index (χ0n) is 20.9. The number of hydrogen-bond donors (Lipinski definition) is 0. The van der Waals surface area contributed by atoms with Crippen LogP contribution < -0.4 is 24.8 Å². The molecule has 0 atom stereocenters. The first-order chi connectivity index (χ1) is 15.5. The van der Waals surface area contributed by atoms with Gasteiger partial charge in [0.2, 0.25) is 0 Å². The molecule has 0 unspecified atom stereocenters. The van der Waals surface area contributed by atoms with Crippen molar-refractivity contribution < 1.29 is 48.1 Å². The maximum Gasteiger partial charge on any atom is -1.00 e. The van der Waals surface area contributed by atoms with E-state index in [-0.39, 0.29) is 30.2 Å². The first kappa shape index (κ1) is 33.1. The van der Waals surface area contributed by atoms with Gasteiger partial charge in [0.1, 0.15) is 0 Å². The van der Waals surface area contributed by atoms with Crippen molar-refractivity contribution in [2.75, 3.05) is 0 Å². The van der Waals surface area contributed by atoms with Gasteiger partial charge < -0.3 is 24.8 Å². The van der Waals surface area contributed by atoms with E-state index in [0.717, 1.165) is 25.7 Å². The van der Waals surface area contributed by atoms with Crippen LogP contribution in [0.4, 0.5) is 0 Å². The minimum Gasteiger partial charge on any atom is -1.00 e. The molecule has 0 bridgehead atoms. The topological polar surface area (TPSA) is 0 Å². The van der Waals surface area contributed by atoms with E-state index in [9.17, 15) is 0 Å². The van der Waals surface area contributed by atoms with Crippen LogP contribution >= 0.6 is 0 Å². The summed E-state index contributed by atoms with van der Waals surface area (Å²) in [6.07, 6.45) is 18.2. The van der Waals surface area contributed by atoms with Gasteiger partial charge in [0, 0.05) is 0 Å². The Kier molecular flexibility index (Phi) is 18.8. The van der Waals surface area contributed by atoms with E-state index in [1.807, 2.05) is 0 Å². The zero-order valence-corrected chi connectivity index (χ0v) is 25.9. The summed E-state index contributed by atoms with van der Waals surface area (Å²) in [5, 5.41) is 0. The second-order valence-electron chi connectivity index (χ2n) is 8.33. The summed E-state index contributed by atoms with van der Waals surface area (Å²) in [5.74, 6) is 0. The summed E-state index contributed by atoms with van der Waals surface area (Å²) in [5.41, 5.74) is 8.47. The average molecular weight is 587 g/mol. The second-order valence-corrected chi connectivity index (χ2v) is 17.7. The summed E-state index contributed by atoms with van der Waals surface area (Å²) in [4.78, 5) is 0. The van der Waals surface area contributed by atoms with Gasteiger partial charge in [-0.2, -0.15) is 0 Å². The molecule has 180 valence electrons. The predicted octanol–water partition coefficient (Wildman–Crippen LogP) is 2.80. The summed E-state index contributed by atoms with van der Waals surface area (Å²) >= 11 is 1.74. The largest absolute Gasteiger partial charge is 1.00 e. The van der Waals surface area contributed by atoms with Crippen LogP contribution in [0.15, 0.2) is 84.0 Å². The Morgan fingerprint density at radius 3 is 1.29 bits per heavy atom. The number of halogens is 2. The molecule has 2 aliphatic rings. The van der Waals surface area contributed by atoms with E-state index < -0.39 is 0 Å². The van der Waals surface area contributed by atoms with Crippen LogP contribution in [-0.4, -0.2) is 5.43 Å². The van der Waals surface area contributed by atoms with Crippen LogP contribution in [0.1, 0.15) is 63.5 Å². The number of allylic oxidation sites excluding steroid dienone is 8. The summed E-state index contributed by atoms with van der Waals surface area (Å²) in [7, 11) is 0. The standard InChI is InChI=1S/2C14H15.C2H6Si.2ClH.Zr/c2*1-2-6-12-9-10-14(11-12)13-7-4-3-5-8-13;1-3-2;;;/h2*3-5,7-8,11H,2,6,10H2,1H3;1-2H3;2*1H;/q2*-1;;;;+2/p-2. The Morgan fingerprint density at radius 2 is 1.00 bits per heavy atom. The van der Waals surface area contributed by atoms with Crippen molar-refractivity contribution in [3.63, 3.8) is 0 Å². The van der Waals surface area contributed by atoms with Gasteiger partial charge in [0.05, 0.1) is 0 Å². The Morgan fingerprint density at radius 1 is 0.676 bits per heavy atom. The molecule has 0 nitrogen and oxygen atoms in total. The third-order valence-corrected chi connectivity index (χ3v) is 5.04. The fraction of sp³-hybridized carbons (Fsp3) is 0.333. The van der Waals surface area contributed by atoms with Crippen molar-refractivity contribution in [2.24, 2.45) is 0 Å². The first-order valence-electron chi connectivity index (χ1n) is 11.8. The molecule has 0 saturated carbocycles. The second kappa shape index (κ2) is 19.3.